The SMILES string of the molecule is CCCNCc1nnc(N2C3CCC2CC(O)C3)o1. The van der Waals surface area contributed by atoms with Gasteiger partial charge in [0.25, 0.3) is 0 Å². The van der Waals surface area contributed by atoms with E-state index < -0.39 is 0 Å². The maximum atomic E-state index is 9.80. The van der Waals surface area contributed by atoms with E-state index in [-0.39, 0.29) is 6.10 Å². The quantitative estimate of drug-likeness (QED) is 0.776. The standard InChI is InChI=1S/C13H22N4O2/c1-2-5-14-8-12-15-16-13(19-12)17-9-3-4-10(17)7-11(18)6-9/h9-11,14,18H,2-8H2,1H3. The summed E-state index contributed by atoms with van der Waals surface area (Å²) in [5.74, 6) is 0.647. The molecule has 1 aromatic heterocycles. The molecule has 2 unspecified atom stereocenters. The van der Waals surface area contributed by atoms with Crippen molar-refractivity contribution >= 4 is 6.01 Å². The number of aliphatic hydroxyl groups excluding tert-OH is 1. The summed E-state index contributed by atoms with van der Waals surface area (Å²) >= 11 is 0. The van der Waals surface area contributed by atoms with Gasteiger partial charge in [0.05, 0.1) is 12.6 Å². The van der Waals surface area contributed by atoms with Crippen molar-refractivity contribution in [3.8, 4) is 0 Å². The van der Waals surface area contributed by atoms with E-state index in [1.807, 2.05) is 0 Å². The van der Waals surface area contributed by atoms with Crippen molar-refractivity contribution in [2.75, 3.05) is 11.4 Å². The molecule has 1 aromatic rings. The molecule has 6 heteroatoms. The first-order valence-electron chi connectivity index (χ1n) is 7.27. The molecule has 3 rings (SSSR count). The van der Waals surface area contributed by atoms with Crippen molar-refractivity contribution in [1.82, 2.24) is 15.5 Å². The van der Waals surface area contributed by atoms with Crippen LogP contribution in [-0.2, 0) is 6.54 Å². The van der Waals surface area contributed by atoms with Crippen LogP contribution in [0.1, 0.15) is 44.9 Å². The Bertz CT molecular complexity index is 409. The van der Waals surface area contributed by atoms with Gasteiger partial charge in [-0.25, -0.2) is 0 Å². The van der Waals surface area contributed by atoms with E-state index in [4.69, 9.17) is 4.42 Å². The smallest absolute Gasteiger partial charge is 0.318 e. The van der Waals surface area contributed by atoms with Crippen LogP contribution < -0.4 is 10.2 Å². The molecule has 2 aliphatic heterocycles. The van der Waals surface area contributed by atoms with Gasteiger partial charge in [0.1, 0.15) is 0 Å². The van der Waals surface area contributed by atoms with Gasteiger partial charge in [-0.3, -0.25) is 0 Å². The molecule has 0 aliphatic carbocycles. The van der Waals surface area contributed by atoms with Gasteiger partial charge in [0.2, 0.25) is 5.89 Å². The largest absolute Gasteiger partial charge is 0.407 e. The fourth-order valence-electron chi connectivity index (χ4n) is 3.25. The summed E-state index contributed by atoms with van der Waals surface area (Å²) in [7, 11) is 0. The maximum Gasteiger partial charge on any atom is 0.318 e. The summed E-state index contributed by atoms with van der Waals surface area (Å²) in [5.41, 5.74) is 0. The van der Waals surface area contributed by atoms with Crippen LogP contribution in [0.5, 0.6) is 0 Å². The molecule has 0 amide bonds. The lowest BCUT2D eigenvalue weighted by molar-refractivity contribution is 0.124. The monoisotopic (exact) mass is 266 g/mol. The highest BCUT2D eigenvalue weighted by molar-refractivity contribution is 5.33. The highest BCUT2D eigenvalue weighted by Gasteiger charge is 2.42. The lowest BCUT2D eigenvalue weighted by atomic mass is 10.0. The van der Waals surface area contributed by atoms with Gasteiger partial charge in [0.15, 0.2) is 0 Å². The number of rotatable bonds is 5. The molecule has 6 nitrogen and oxygen atoms in total. The summed E-state index contributed by atoms with van der Waals surface area (Å²) in [6.07, 6.45) is 4.81. The van der Waals surface area contributed by atoms with Gasteiger partial charge in [0, 0.05) is 12.1 Å². The van der Waals surface area contributed by atoms with Gasteiger partial charge >= 0.3 is 6.01 Å². The van der Waals surface area contributed by atoms with Gasteiger partial charge in [-0.2, -0.15) is 0 Å². The molecule has 2 fully saturated rings. The van der Waals surface area contributed by atoms with Crippen LogP contribution in [0.3, 0.4) is 0 Å². The molecule has 2 aliphatic rings. The Morgan fingerprint density at radius 3 is 2.74 bits per heavy atom. The normalized spacial score (nSPS) is 30.0. The Labute approximate surface area is 113 Å². The molecule has 2 N–H and O–H groups in total. The Kier molecular flexibility index (Phi) is 3.70. The number of hydrogen-bond donors (Lipinski definition) is 2. The van der Waals surface area contributed by atoms with Gasteiger partial charge in [-0.1, -0.05) is 12.0 Å². The number of aliphatic hydroxyl groups is 1. The van der Waals surface area contributed by atoms with E-state index in [0.29, 0.717) is 30.5 Å². The third kappa shape index (κ3) is 2.60. The molecule has 0 aromatic carbocycles. The fourth-order valence-corrected chi connectivity index (χ4v) is 3.25. The Morgan fingerprint density at radius 2 is 2.05 bits per heavy atom. The van der Waals surface area contributed by atoms with E-state index in [9.17, 15) is 5.11 Å². The molecule has 2 atom stereocenters. The molecule has 2 bridgehead atoms. The highest BCUT2D eigenvalue weighted by atomic mass is 16.4. The lowest BCUT2D eigenvalue weighted by Gasteiger charge is -2.35. The zero-order valence-corrected chi connectivity index (χ0v) is 11.4. The first-order chi connectivity index (χ1) is 9.28. The van der Waals surface area contributed by atoms with Crippen LogP contribution in [0.4, 0.5) is 6.01 Å². The molecule has 0 radical (unpaired) electrons. The minimum Gasteiger partial charge on any atom is -0.407 e. The van der Waals surface area contributed by atoms with Crippen molar-refractivity contribution in [3.05, 3.63) is 5.89 Å². The number of fused-ring (bicyclic) bond motifs is 2. The summed E-state index contributed by atoms with van der Waals surface area (Å²) in [4.78, 5) is 2.23. The second-order valence-corrected chi connectivity index (χ2v) is 5.57. The summed E-state index contributed by atoms with van der Waals surface area (Å²) in [6.45, 7) is 3.72. The first kappa shape index (κ1) is 12.9. The minimum absolute atomic E-state index is 0.164. The third-order valence-corrected chi connectivity index (χ3v) is 4.09. The maximum absolute atomic E-state index is 9.80. The van der Waals surface area contributed by atoms with Crippen LogP contribution >= 0.6 is 0 Å². The van der Waals surface area contributed by atoms with Crippen molar-refractivity contribution in [1.29, 1.82) is 0 Å². The molecular formula is C13H22N4O2. The summed E-state index contributed by atoms with van der Waals surface area (Å²) < 4.78 is 5.75. The van der Waals surface area contributed by atoms with E-state index in [1.165, 1.54) is 0 Å². The third-order valence-electron chi connectivity index (χ3n) is 4.09. The van der Waals surface area contributed by atoms with Crippen molar-refractivity contribution < 1.29 is 9.52 Å². The number of hydrogen-bond acceptors (Lipinski definition) is 6. The van der Waals surface area contributed by atoms with Crippen molar-refractivity contribution in [2.24, 2.45) is 0 Å². The summed E-state index contributed by atoms with van der Waals surface area (Å²) in [6, 6.07) is 1.36. The number of nitrogens with zero attached hydrogens (tertiary/aromatic N) is 3. The average molecular weight is 266 g/mol. The molecule has 3 heterocycles. The predicted molar refractivity (Wildman–Crippen MR) is 70.8 cm³/mol. The number of aromatic nitrogens is 2. The first-order valence-corrected chi connectivity index (χ1v) is 7.27. The van der Waals surface area contributed by atoms with Gasteiger partial charge in [-0.15, -0.1) is 5.10 Å². The fraction of sp³-hybridized carbons (Fsp3) is 0.846. The zero-order valence-electron chi connectivity index (χ0n) is 11.4. The Morgan fingerprint density at radius 1 is 1.32 bits per heavy atom. The molecular weight excluding hydrogens is 244 g/mol. The van der Waals surface area contributed by atoms with Gasteiger partial charge < -0.3 is 19.7 Å². The average Bonchev–Trinajstić information content (AvgIpc) is 2.93. The molecule has 2 saturated heterocycles. The van der Waals surface area contributed by atoms with Crippen molar-refractivity contribution in [3.63, 3.8) is 0 Å². The van der Waals surface area contributed by atoms with Crippen molar-refractivity contribution in [2.45, 2.75) is 63.8 Å². The number of anilines is 1. The van der Waals surface area contributed by atoms with E-state index in [1.54, 1.807) is 0 Å². The van der Waals surface area contributed by atoms with Crippen LogP contribution in [0.25, 0.3) is 0 Å². The summed E-state index contributed by atoms with van der Waals surface area (Å²) in [5, 5.41) is 21.3. The second kappa shape index (κ2) is 5.46. The topological polar surface area (TPSA) is 74.4 Å². The number of piperidine rings is 1. The second-order valence-electron chi connectivity index (χ2n) is 5.57. The Hall–Kier alpha value is -1.14. The molecule has 0 spiro atoms. The van der Waals surface area contributed by atoms with Crippen LogP contribution in [0.15, 0.2) is 4.42 Å². The zero-order chi connectivity index (χ0) is 13.2. The number of nitrogens with one attached hydrogen (secondary N) is 1. The minimum atomic E-state index is -0.164. The predicted octanol–water partition coefficient (Wildman–Crippen LogP) is 1.06. The van der Waals surface area contributed by atoms with Crippen LogP contribution in [-0.4, -0.2) is 40.0 Å². The van der Waals surface area contributed by atoms with Crippen LogP contribution in [0, 0.1) is 0 Å². The molecule has 19 heavy (non-hydrogen) atoms. The Balaban J connectivity index is 1.66. The van der Waals surface area contributed by atoms with Gasteiger partial charge in [-0.05, 0) is 38.6 Å². The lowest BCUT2D eigenvalue weighted by Crippen LogP contribution is -2.45. The van der Waals surface area contributed by atoms with E-state index >= 15 is 0 Å². The van der Waals surface area contributed by atoms with E-state index in [0.717, 1.165) is 38.6 Å². The van der Waals surface area contributed by atoms with E-state index in [2.05, 4.69) is 27.3 Å². The molecule has 0 saturated carbocycles. The highest BCUT2D eigenvalue weighted by Crippen LogP contribution is 2.38. The molecule has 106 valence electrons. The van der Waals surface area contributed by atoms with Crippen LogP contribution in [0.2, 0.25) is 0 Å².